The van der Waals surface area contributed by atoms with Gasteiger partial charge in [-0.3, -0.25) is 4.79 Å². The van der Waals surface area contributed by atoms with E-state index in [2.05, 4.69) is 9.47 Å². The Bertz CT molecular complexity index is 549. The smallest absolute Gasteiger partial charge is 0.466 e. The van der Waals surface area contributed by atoms with Gasteiger partial charge in [-0.05, 0) is 13.0 Å². The predicted molar refractivity (Wildman–Crippen MR) is 58.1 cm³/mol. The first kappa shape index (κ1) is 15.8. The van der Waals surface area contributed by atoms with Gasteiger partial charge in [-0.2, -0.15) is 5.26 Å². The number of esters is 1. The molecule has 0 saturated carbocycles. The topological polar surface area (TPSA) is 59.3 Å². The molecule has 0 aromatic heterocycles. The lowest BCUT2D eigenvalue weighted by molar-refractivity contribution is -0.274. The van der Waals surface area contributed by atoms with Crippen molar-refractivity contribution in [3.8, 4) is 11.8 Å². The standard InChI is InChI=1S/C12H9F4NO3/c1-2-19-10(18)5-7-3-9(20-12(14,15)16)4-8(6-17)11(7)13/h3-4H,2,5H2,1H3. The maximum absolute atomic E-state index is 13.7. The van der Waals surface area contributed by atoms with E-state index in [0.717, 1.165) is 0 Å². The number of halogens is 4. The minimum absolute atomic E-state index is 0.0459. The number of nitrogens with zero attached hydrogens (tertiary/aromatic N) is 1. The van der Waals surface area contributed by atoms with Crippen LogP contribution in [0.25, 0.3) is 0 Å². The number of carbonyl (C=O) groups excluding carboxylic acids is 1. The van der Waals surface area contributed by atoms with Crippen LogP contribution in [0.1, 0.15) is 18.1 Å². The number of ether oxygens (including phenoxy) is 2. The highest BCUT2D eigenvalue weighted by Crippen LogP contribution is 2.27. The number of rotatable bonds is 4. The molecule has 0 radical (unpaired) electrons. The Kier molecular flexibility index (Phi) is 4.91. The molecule has 0 spiro atoms. The monoisotopic (exact) mass is 291 g/mol. The third-order valence-electron chi connectivity index (χ3n) is 2.12. The Morgan fingerprint density at radius 2 is 2.05 bits per heavy atom. The van der Waals surface area contributed by atoms with Crippen molar-refractivity contribution in [3.05, 3.63) is 29.1 Å². The second-order valence-corrected chi connectivity index (χ2v) is 3.59. The predicted octanol–water partition coefficient (Wildman–Crippen LogP) is 2.70. The number of carbonyl (C=O) groups is 1. The van der Waals surface area contributed by atoms with Crippen LogP contribution in [0.5, 0.6) is 5.75 Å². The average molecular weight is 291 g/mol. The summed E-state index contributed by atoms with van der Waals surface area (Å²) < 4.78 is 58.2. The van der Waals surface area contributed by atoms with E-state index in [0.29, 0.717) is 12.1 Å². The quantitative estimate of drug-likeness (QED) is 0.632. The van der Waals surface area contributed by atoms with Gasteiger partial charge in [0.15, 0.2) is 0 Å². The van der Waals surface area contributed by atoms with Crippen molar-refractivity contribution in [2.75, 3.05) is 6.61 Å². The van der Waals surface area contributed by atoms with E-state index in [1.807, 2.05) is 0 Å². The molecule has 4 nitrogen and oxygen atoms in total. The second kappa shape index (κ2) is 6.23. The zero-order chi connectivity index (χ0) is 15.3. The summed E-state index contributed by atoms with van der Waals surface area (Å²) in [7, 11) is 0. The maximum atomic E-state index is 13.7. The highest BCUT2D eigenvalue weighted by atomic mass is 19.4. The Morgan fingerprint density at radius 3 is 2.55 bits per heavy atom. The van der Waals surface area contributed by atoms with Crippen molar-refractivity contribution in [2.45, 2.75) is 19.7 Å². The number of hydrogen-bond acceptors (Lipinski definition) is 4. The molecule has 1 aromatic rings. The molecular formula is C12H9F4NO3. The van der Waals surface area contributed by atoms with Crippen LogP contribution in [0, 0.1) is 17.1 Å². The molecule has 0 fully saturated rings. The van der Waals surface area contributed by atoms with Gasteiger partial charge in [-0.15, -0.1) is 13.2 Å². The van der Waals surface area contributed by atoms with Gasteiger partial charge < -0.3 is 9.47 Å². The van der Waals surface area contributed by atoms with Crippen LogP contribution in [-0.2, 0) is 16.0 Å². The van der Waals surface area contributed by atoms with Crippen molar-refractivity contribution in [2.24, 2.45) is 0 Å². The lowest BCUT2D eigenvalue weighted by Gasteiger charge is -2.11. The molecule has 0 N–H and O–H groups in total. The fourth-order valence-electron chi connectivity index (χ4n) is 1.43. The Hall–Kier alpha value is -2.30. The van der Waals surface area contributed by atoms with E-state index in [9.17, 15) is 22.4 Å². The summed E-state index contributed by atoms with van der Waals surface area (Å²) in [4.78, 5) is 11.2. The molecule has 108 valence electrons. The normalized spacial score (nSPS) is 10.8. The molecule has 8 heteroatoms. The van der Waals surface area contributed by atoms with Gasteiger partial charge in [0.2, 0.25) is 0 Å². The first-order chi connectivity index (χ1) is 9.26. The first-order valence-corrected chi connectivity index (χ1v) is 5.40. The Labute approximate surface area is 111 Å². The zero-order valence-electron chi connectivity index (χ0n) is 10.3. The van der Waals surface area contributed by atoms with E-state index in [1.54, 1.807) is 0 Å². The highest BCUT2D eigenvalue weighted by Gasteiger charge is 2.32. The molecular weight excluding hydrogens is 282 g/mol. The summed E-state index contributed by atoms with van der Waals surface area (Å²) in [6, 6.07) is 2.71. The number of nitriles is 1. The molecule has 0 atom stereocenters. The average Bonchev–Trinajstić information content (AvgIpc) is 2.31. The van der Waals surface area contributed by atoms with Gasteiger partial charge >= 0.3 is 12.3 Å². The van der Waals surface area contributed by atoms with Gasteiger partial charge in [-0.1, -0.05) is 0 Å². The molecule has 0 aliphatic heterocycles. The van der Waals surface area contributed by atoms with Crippen molar-refractivity contribution in [1.29, 1.82) is 5.26 Å². The van der Waals surface area contributed by atoms with Gasteiger partial charge in [-0.25, -0.2) is 4.39 Å². The first-order valence-electron chi connectivity index (χ1n) is 5.40. The van der Waals surface area contributed by atoms with Crippen LogP contribution < -0.4 is 4.74 Å². The number of alkyl halides is 3. The van der Waals surface area contributed by atoms with Crippen molar-refractivity contribution in [3.63, 3.8) is 0 Å². The summed E-state index contributed by atoms with van der Waals surface area (Å²) in [6.45, 7) is 1.57. The minimum atomic E-state index is -4.98. The molecule has 0 unspecified atom stereocenters. The Balaban J connectivity index is 3.13. The molecule has 20 heavy (non-hydrogen) atoms. The van der Waals surface area contributed by atoms with Crippen LogP contribution in [0.4, 0.5) is 17.6 Å². The van der Waals surface area contributed by atoms with E-state index < -0.39 is 41.4 Å². The van der Waals surface area contributed by atoms with E-state index in [-0.39, 0.29) is 6.61 Å². The van der Waals surface area contributed by atoms with Crippen molar-refractivity contribution < 1.29 is 31.8 Å². The van der Waals surface area contributed by atoms with Gasteiger partial charge in [0, 0.05) is 11.6 Å². The fraction of sp³-hybridized carbons (Fsp3) is 0.333. The minimum Gasteiger partial charge on any atom is -0.466 e. The van der Waals surface area contributed by atoms with Crippen LogP contribution in [0.15, 0.2) is 12.1 Å². The molecule has 0 aliphatic carbocycles. The molecule has 0 amide bonds. The maximum Gasteiger partial charge on any atom is 0.573 e. The molecule has 0 heterocycles. The van der Waals surface area contributed by atoms with E-state index >= 15 is 0 Å². The van der Waals surface area contributed by atoms with Crippen molar-refractivity contribution in [1.82, 2.24) is 0 Å². The summed E-state index contributed by atoms with van der Waals surface area (Å²) >= 11 is 0. The van der Waals surface area contributed by atoms with Crippen LogP contribution in [-0.4, -0.2) is 18.9 Å². The summed E-state index contributed by atoms with van der Waals surface area (Å²) in [5.41, 5.74) is -1.05. The van der Waals surface area contributed by atoms with Gasteiger partial charge in [0.1, 0.15) is 17.6 Å². The second-order valence-electron chi connectivity index (χ2n) is 3.59. The third kappa shape index (κ3) is 4.42. The SMILES string of the molecule is CCOC(=O)Cc1cc(OC(F)(F)F)cc(C#N)c1F. The lowest BCUT2D eigenvalue weighted by Crippen LogP contribution is -2.18. The summed E-state index contributed by atoms with van der Waals surface area (Å²) in [6.07, 6.45) is -5.57. The van der Waals surface area contributed by atoms with Gasteiger partial charge in [0.25, 0.3) is 0 Å². The Morgan fingerprint density at radius 1 is 1.40 bits per heavy atom. The molecule has 0 bridgehead atoms. The molecule has 1 rings (SSSR count). The molecule has 0 saturated heterocycles. The van der Waals surface area contributed by atoms with Crippen LogP contribution >= 0.6 is 0 Å². The van der Waals surface area contributed by atoms with Crippen LogP contribution in [0.2, 0.25) is 0 Å². The molecule has 0 aliphatic rings. The largest absolute Gasteiger partial charge is 0.573 e. The summed E-state index contributed by atoms with van der Waals surface area (Å²) in [5, 5.41) is 8.66. The summed E-state index contributed by atoms with van der Waals surface area (Å²) in [5.74, 6) is -2.66. The molecule has 1 aromatic carbocycles. The highest BCUT2D eigenvalue weighted by molar-refractivity contribution is 5.73. The van der Waals surface area contributed by atoms with Crippen molar-refractivity contribution >= 4 is 5.97 Å². The number of benzene rings is 1. The van der Waals surface area contributed by atoms with E-state index in [1.165, 1.54) is 13.0 Å². The van der Waals surface area contributed by atoms with E-state index in [4.69, 9.17) is 5.26 Å². The zero-order valence-corrected chi connectivity index (χ0v) is 10.3. The lowest BCUT2D eigenvalue weighted by atomic mass is 10.1. The third-order valence-corrected chi connectivity index (χ3v) is 2.12. The number of hydrogen-bond donors (Lipinski definition) is 0. The van der Waals surface area contributed by atoms with Crippen LogP contribution in [0.3, 0.4) is 0 Å². The van der Waals surface area contributed by atoms with Gasteiger partial charge in [0.05, 0.1) is 18.6 Å². The fourth-order valence-corrected chi connectivity index (χ4v) is 1.43.